The van der Waals surface area contributed by atoms with Crippen molar-refractivity contribution in [3.05, 3.63) is 44.4 Å². The number of nitrogens with zero attached hydrogens (tertiary/aromatic N) is 3. The minimum Gasteiger partial charge on any atom is -0.370 e. The van der Waals surface area contributed by atoms with E-state index in [1.807, 2.05) is 24.3 Å². The third-order valence-electron chi connectivity index (χ3n) is 1.56. The Hall–Kier alpha value is -2.36. The van der Waals surface area contributed by atoms with Gasteiger partial charge in [0.25, 0.3) is 5.09 Å². The minimum atomic E-state index is -1.50. The fourth-order valence-electron chi connectivity index (χ4n) is 0.975. The van der Waals surface area contributed by atoms with Crippen LogP contribution in [0.5, 0.6) is 0 Å². The van der Waals surface area contributed by atoms with Crippen molar-refractivity contribution in [2.75, 3.05) is 0 Å². The van der Waals surface area contributed by atoms with Crippen molar-refractivity contribution in [1.82, 2.24) is 0 Å². The SMILES string of the molecule is NC(N)=NC(N)=NCc1cccc(Br)c1.O=[N+]([O-])O. The van der Waals surface area contributed by atoms with E-state index in [-0.39, 0.29) is 11.9 Å². The van der Waals surface area contributed by atoms with Gasteiger partial charge in [0.05, 0.1) is 6.54 Å². The van der Waals surface area contributed by atoms with Gasteiger partial charge in [-0.2, -0.15) is 4.99 Å². The van der Waals surface area contributed by atoms with Crippen LogP contribution in [0.1, 0.15) is 5.56 Å². The van der Waals surface area contributed by atoms with Crippen LogP contribution in [0.25, 0.3) is 0 Å². The van der Waals surface area contributed by atoms with Crippen molar-refractivity contribution < 1.29 is 10.3 Å². The van der Waals surface area contributed by atoms with E-state index in [2.05, 4.69) is 25.9 Å². The lowest BCUT2D eigenvalue weighted by Gasteiger charge is -1.98. The predicted molar refractivity (Wildman–Crippen MR) is 74.1 cm³/mol. The van der Waals surface area contributed by atoms with Crippen LogP contribution in [0.3, 0.4) is 0 Å². The maximum atomic E-state index is 8.36. The molecule has 1 aromatic carbocycles. The van der Waals surface area contributed by atoms with E-state index in [1.165, 1.54) is 0 Å². The second-order valence-corrected chi connectivity index (χ2v) is 3.99. The summed E-state index contributed by atoms with van der Waals surface area (Å²) in [4.78, 5) is 16.0. The van der Waals surface area contributed by atoms with Gasteiger partial charge in [-0.15, -0.1) is 10.1 Å². The molecule has 0 amide bonds. The molecule has 0 aliphatic rings. The molecule has 0 bridgehead atoms. The van der Waals surface area contributed by atoms with E-state index >= 15 is 0 Å². The first-order valence-corrected chi connectivity index (χ1v) is 5.58. The third kappa shape index (κ3) is 10.5. The van der Waals surface area contributed by atoms with Crippen LogP contribution >= 0.6 is 15.9 Å². The molecule has 10 heteroatoms. The van der Waals surface area contributed by atoms with Gasteiger partial charge in [-0.1, -0.05) is 28.1 Å². The zero-order chi connectivity index (χ0) is 14.8. The molecule has 19 heavy (non-hydrogen) atoms. The number of aliphatic imine (C=N–C) groups is 2. The second kappa shape index (κ2) is 8.69. The Labute approximate surface area is 117 Å². The molecule has 0 radical (unpaired) electrons. The van der Waals surface area contributed by atoms with Crippen molar-refractivity contribution in [1.29, 1.82) is 0 Å². The number of nitrogens with two attached hydrogens (primary N) is 3. The molecule has 0 aromatic heterocycles. The molecule has 7 N–H and O–H groups in total. The third-order valence-corrected chi connectivity index (χ3v) is 2.05. The minimum absolute atomic E-state index is 0.0787. The number of rotatable bonds is 2. The lowest BCUT2D eigenvalue weighted by Crippen LogP contribution is -2.26. The topological polar surface area (TPSA) is 166 Å². The molecular weight excluding hydrogens is 320 g/mol. The quantitative estimate of drug-likeness (QED) is 0.261. The first-order valence-electron chi connectivity index (χ1n) is 4.78. The summed E-state index contributed by atoms with van der Waals surface area (Å²) in [6, 6.07) is 7.75. The molecule has 0 saturated carbocycles. The molecule has 0 atom stereocenters. The molecule has 1 aromatic rings. The van der Waals surface area contributed by atoms with Gasteiger partial charge in [0, 0.05) is 4.47 Å². The summed E-state index contributed by atoms with van der Waals surface area (Å²) in [6.07, 6.45) is 0. The molecule has 0 aliphatic carbocycles. The molecule has 0 aliphatic heterocycles. The summed E-state index contributed by atoms with van der Waals surface area (Å²) < 4.78 is 0.996. The smallest absolute Gasteiger partial charge is 0.291 e. The van der Waals surface area contributed by atoms with Crippen LogP contribution in [0, 0.1) is 10.1 Å². The van der Waals surface area contributed by atoms with Gasteiger partial charge in [0.15, 0.2) is 5.96 Å². The first kappa shape index (κ1) is 16.6. The molecule has 0 heterocycles. The average molecular weight is 333 g/mol. The normalized spacial score (nSPS) is 10.1. The van der Waals surface area contributed by atoms with Crippen molar-refractivity contribution in [2.45, 2.75) is 6.54 Å². The van der Waals surface area contributed by atoms with Crippen LogP contribution < -0.4 is 17.2 Å². The standard InChI is InChI=1S/C9H12BrN5.HNO3/c10-7-3-1-2-6(4-7)5-14-9(13)15-8(11)12;2-1(3)4/h1-4H,5H2,(H6,11,12,13,14,15);(H,2,3,4). The molecule has 1 rings (SSSR count). The fourth-order valence-corrected chi connectivity index (χ4v) is 1.42. The Morgan fingerprint density at radius 2 is 2.00 bits per heavy atom. The number of halogens is 1. The number of benzene rings is 1. The fraction of sp³-hybridized carbons (Fsp3) is 0.111. The summed E-state index contributed by atoms with van der Waals surface area (Å²) in [5.41, 5.74) is 16.8. The summed E-state index contributed by atoms with van der Waals surface area (Å²) in [6.45, 7) is 0.446. The zero-order valence-electron chi connectivity index (χ0n) is 9.73. The zero-order valence-corrected chi connectivity index (χ0v) is 11.3. The number of hydrogen-bond donors (Lipinski definition) is 4. The lowest BCUT2D eigenvalue weighted by atomic mass is 10.2. The predicted octanol–water partition coefficient (Wildman–Crippen LogP) is 0.190. The van der Waals surface area contributed by atoms with Gasteiger partial charge in [0.1, 0.15) is 0 Å². The Kier molecular flexibility index (Phi) is 7.61. The van der Waals surface area contributed by atoms with E-state index < -0.39 is 5.09 Å². The van der Waals surface area contributed by atoms with E-state index in [1.54, 1.807) is 0 Å². The van der Waals surface area contributed by atoms with Crippen molar-refractivity contribution in [3.63, 3.8) is 0 Å². The summed E-state index contributed by atoms with van der Waals surface area (Å²) in [5.74, 6) is -0.0135. The molecule has 0 spiro atoms. The van der Waals surface area contributed by atoms with E-state index in [0.717, 1.165) is 10.0 Å². The van der Waals surface area contributed by atoms with Crippen molar-refractivity contribution >= 4 is 27.8 Å². The van der Waals surface area contributed by atoms with Gasteiger partial charge in [-0.25, -0.2) is 4.99 Å². The van der Waals surface area contributed by atoms with Gasteiger partial charge in [0.2, 0.25) is 5.96 Å². The largest absolute Gasteiger partial charge is 0.370 e. The summed E-state index contributed by atoms with van der Waals surface area (Å²) >= 11 is 3.36. The van der Waals surface area contributed by atoms with Crippen LogP contribution in [0.2, 0.25) is 0 Å². The Morgan fingerprint density at radius 3 is 2.47 bits per heavy atom. The molecule has 0 saturated heterocycles. The number of hydrogen-bond acceptors (Lipinski definition) is 3. The summed E-state index contributed by atoms with van der Waals surface area (Å²) in [7, 11) is 0. The molecule has 104 valence electrons. The average Bonchev–Trinajstić information content (AvgIpc) is 2.25. The molecular formula is C9H13BrN6O3. The molecule has 0 unspecified atom stereocenters. The van der Waals surface area contributed by atoms with Crippen LogP contribution in [0.15, 0.2) is 38.7 Å². The Bertz CT molecular complexity index is 483. The van der Waals surface area contributed by atoms with Gasteiger partial charge in [-0.3, -0.25) is 0 Å². The lowest BCUT2D eigenvalue weighted by molar-refractivity contribution is -0.742. The second-order valence-electron chi connectivity index (χ2n) is 3.08. The monoisotopic (exact) mass is 332 g/mol. The first-order chi connectivity index (χ1) is 8.81. The highest BCUT2D eigenvalue weighted by Gasteiger charge is 1.93. The van der Waals surface area contributed by atoms with Crippen LogP contribution in [-0.4, -0.2) is 22.2 Å². The highest BCUT2D eigenvalue weighted by molar-refractivity contribution is 9.10. The highest BCUT2D eigenvalue weighted by atomic mass is 79.9. The Morgan fingerprint density at radius 1 is 1.42 bits per heavy atom. The van der Waals surface area contributed by atoms with Gasteiger partial charge >= 0.3 is 0 Å². The van der Waals surface area contributed by atoms with Crippen molar-refractivity contribution in [2.24, 2.45) is 27.2 Å². The maximum Gasteiger partial charge on any atom is 0.291 e. The highest BCUT2D eigenvalue weighted by Crippen LogP contribution is 2.12. The van der Waals surface area contributed by atoms with Gasteiger partial charge < -0.3 is 22.4 Å². The van der Waals surface area contributed by atoms with Crippen LogP contribution in [-0.2, 0) is 6.54 Å². The number of guanidine groups is 2. The molecule has 9 nitrogen and oxygen atoms in total. The van der Waals surface area contributed by atoms with E-state index in [0.29, 0.717) is 6.54 Å². The van der Waals surface area contributed by atoms with E-state index in [4.69, 9.17) is 32.5 Å². The molecule has 0 fully saturated rings. The maximum absolute atomic E-state index is 8.36. The van der Waals surface area contributed by atoms with E-state index in [9.17, 15) is 0 Å². The summed E-state index contributed by atoms with van der Waals surface area (Å²) in [5, 5.41) is 13.6. The van der Waals surface area contributed by atoms with Crippen LogP contribution in [0.4, 0.5) is 0 Å². The van der Waals surface area contributed by atoms with Gasteiger partial charge in [-0.05, 0) is 17.7 Å². The Balaban J connectivity index is 0.000000711. The van der Waals surface area contributed by atoms with Crippen molar-refractivity contribution in [3.8, 4) is 0 Å².